The van der Waals surface area contributed by atoms with E-state index in [9.17, 15) is 9.59 Å². The number of likely N-dealkylation sites (tertiary alicyclic amines) is 1. The first-order valence-corrected chi connectivity index (χ1v) is 10.1. The molecule has 1 atom stereocenters. The second-order valence-electron chi connectivity index (χ2n) is 7.70. The highest BCUT2D eigenvalue weighted by molar-refractivity contribution is 5.97. The van der Waals surface area contributed by atoms with Crippen LogP contribution in [0, 0.1) is 0 Å². The van der Waals surface area contributed by atoms with Gasteiger partial charge in [0.05, 0.1) is 25.2 Å². The van der Waals surface area contributed by atoms with Crippen molar-refractivity contribution in [1.29, 1.82) is 0 Å². The number of rotatable bonds is 7. The van der Waals surface area contributed by atoms with Gasteiger partial charge in [0.1, 0.15) is 11.8 Å². The van der Waals surface area contributed by atoms with E-state index >= 15 is 0 Å². The molecule has 2 aromatic carbocycles. The Bertz CT molecular complexity index is 843. The Morgan fingerprint density at radius 1 is 1.07 bits per heavy atom. The van der Waals surface area contributed by atoms with Crippen molar-refractivity contribution in [2.75, 3.05) is 38.6 Å². The van der Waals surface area contributed by atoms with Crippen molar-refractivity contribution >= 4 is 17.6 Å². The average molecular weight is 397 g/mol. The molecule has 6 nitrogen and oxygen atoms in total. The van der Waals surface area contributed by atoms with E-state index in [1.165, 1.54) is 30.2 Å². The Labute approximate surface area is 172 Å². The van der Waals surface area contributed by atoms with Crippen LogP contribution in [0.3, 0.4) is 0 Å². The molecule has 2 N–H and O–H groups in total. The van der Waals surface area contributed by atoms with E-state index in [1.54, 1.807) is 24.3 Å². The van der Waals surface area contributed by atoms with Gasteiger partial charge in [-0.15, -0.1) is 0 Å². The van der Waals surface area contributed by atoms with Crippen molar-refractivity contribution in [3.05, 3.63) is 59.7 Å². The Morgan fingerprint density at radius 3 is 2.34 bits per heavy atom. The lowest BCUT2D eigenvalue weighted by Crippen LogP contribution is -3.11. The lowest BCUT2D eigenvalue weighted by atomic mass is 10.0. The third kappa shape index (κ3) is 5.35. The predicted octanol–water partition coefficient (Wildman–Crippen LogP) is 1.83. The zero-order valence-corrected chi connectivity index (χ0v) is 17.4. The number of amides is 1. The molecule has 0 saturated carbocycles. The number of quaternary nitrogens is 1. The molecule has 29 heavy (non-hydrogen) atoms. The van der Waals surface area contributed by atoms with Gasteiger partial charge in [0, 0.05) is 45.1 Å². The van der Waals surface area contributed by atoms with Gasteiger partial charge in [-0.2, -0.15) is 0 Å². The van der Waals surface area contributed by atoms with Gasteiger partial charge in [0.2, 0.25) is 0 Å². The molecule has 0 spiro atoms. The van der Waals surface area contributed by atoms with Gasteiger partial charge < -0.3 is 19.9 Å². The van der Waals surface area contributed by atoms with Crippen molar-refractivity contribution in [3.63, 3.8) is 0 Å². The van der Waals surface area contributed by atoms with E-state index in [4.69, 9.17) is 4.74 Å². The molecular weight excluding hydrogens is 366 g/mol. The molecule has 3 rings (SSSR count). The second-order valence-corrected chi connectivity index (χ2v) is 7.70. The summed E-state index contributed by atoms with van der Waals surface area (Å²) < 4.78 is 5.18. The number of nitrogens with one attached hydrogen (secondary N) is 2. The number of hydrogen-bond donors (Lipinski definition) is 2. The van der Waals surface area contributed by atoms with Gasteiger partial charge in [-0.25, -0.2) is 0 Å². The van der Waals surface area contributed by atoms with Gasteiger partial charge in [-0.05, 0) is 24.3 Å². The minimum absolute atomic E-state index is 0.193. The number of para-hydroxylation sites is 1. The molecule has 0 aromatic heterocycles. The van der Waals surface area contributed by atoms with E-state index < -0.39 is 5.97 Å². The van der Waals surface area contributed by atoms with Crippen LogP contribution in [0.25, 0.3) is 0 Å². The van der Waals surface area contributed by atoms with Gasteiger partial charge >= 0.3 is 5.97 Å². The molecule has 1 fully saturated rings. The molecule has 6 heteroatoms. The monoisotopic (exact) mass is 396 g/mol. The van der Waals surface area contributed by atoms with Crippen LogP contribution in [-0.4, -0.2) is 45.6 Å². The number of anilines is 1. The molecule has 0 aliphatic carbocycles. The van der Waals surface area contributed by atoms with E-state index in [2.05, 4.69) is 34.5 Å². The summed E-state index contributed by atoms with van der Waals surface area (Å²) in [5.74, 6) is -0.376. The zero-order valence-electron chi connectivity index (χ0n) is 17.4. The van der Waals surface area contributed by atoms with Gasteiger partial charge in [0.15, 0.2) is 0 Å². The van der Waals surface area contributed by atoms with Gasteiger partial charge in [-0.3, -0.25) is 9.59 Å². The van der Waals surface area contributed by atoms with Gasteiger partial charge in [-0.1, -0.05) is 24.3 Å². The maximum atomic E-state index is 12.8. The fourth-order valence-corrected chi connectivity index (χ4v) is 3.87. The summed E-state index contributed by atoms with van der Waals surface area (Å²) >= 11 is 0. The third-order valence-corrected chi connectivity index (χ3v) is 5.40. The SMILES string of the molecule is CC(=O)Oc1ccccc1C(=O)NC[C@@H](c1ccc(N(C)C)cc1)[NH+]1CCCC1. The smallest absolute Gasteiger partial charge is 0.308 e. The van der Waals surface area contributed by atoms with E-state index in [-0.39, 0.29) is 17.7 Å². The van der Waals surface area contributed by atoms with Crippen molar-refractivity contribution in [2.45, 2.75) is 25.8 Å². The van der Waals surface area contributed by atoms with Crippen LogP contribution in [0.4, 0.5) is 5.69 Å². The highest BCUT2D eigenvalue weighted by Crippen LogP contribution is 2.20. The number of hydrogen-bond acceptors (Lipinski definition) is 4. The Kier molecular flexibility index (Phi) is 6.88. The first kappa shape index (κ1) is 20.9. The second kappa shape index (κ2) is 9.56. The normalized spacial score (nSPS) is 15.0. The maximum Gasteiger partial charge on any atom is 0.308 e. The lowest BCUT2D eigenvalue weighted by molar-refractivity contribution is -0.918. The minimum atomic E-state index is -0.439. The number of benzene rings is 2. The molecule has 0 unspecified atom stereocenters. The maximum absolute atomic E-state index is 12.8. The van der Waals surface area contributed by atoms with Crippen LogP contribution in [0.1, 0.15) is 41.7 Å². The number of carbonyl (C=O) groups excluding carboxylic acids is 2. The van der Waals surface area contributed by atoms with Crippen LogP contribution in [0.5, 0.6) is 5.75 Å². The minimum Gasteiger partial charge on any atom is -0.426 e. The molecule has 0 radical (unpaired) electrons. The molecule has 0 bridgehead atoms. The van der Waals surface area contributed by atoms with Crippen molar-refractivity contribution in [3.8, 4) is 5.75 Å². The van der Waals surface area contributed by atoms with Crippen LogP contribution in [0.2, 0.25) is 0 Å². The van der Waals surface area contributed by atoms with Crippen molar-refractivity contribution in [2.24, 2.45) is 0 Å². The summed E-state index contributed by atoms with van der Waals surface area (Å²) in [6.45, 7) is 4.09. The quantitative estimate of drug-likeness (QED) is 0.554. The summed E-state index contributed by atoms with van der Waals surface area (Å²) in [7, 11) is 4.05. The number of esters is 1. The lowest BCUT2D eigenvalue weighted by Gasteiger charge is -2.26. The summed E-state index contributed by atoms with van der Waals surface area (Å²) in [5, 5.41) is 3.06. The molecule has 1 amide bonds. The molecule has 1 aliphatic rings. The Balaban J connectivity index is 1.75. The molecule has 1 heterocycles. The number of nitrogens with zero attached hydrogens (tertiary/aromatic N) is 1. The first-order chi connectivity index (χ1) is 14.0. The summed E-state index contributed by atoms with van der Waals surface area (Å²) in [6.07, 6.45) is 2.43. The van der Waals surface area contributed by atoms with E-state index in [0.29, 0.717) is 12.1 Å². The van der Waals surface area contributed by atoms with Crippen LogP contribution >= 0.6 is 0 Å². The first-order valence-electron chi connectivity index (χ1n) is 10.1. The Hall–Kier alpha value is -2.86. The average Bonchev–Trinajstić information content (AvgIpc) is 3.23. The largest absolute Gasteiger partial charge is 0.426 e. The molecule has 154 valence electrons. The number of ether oxygens (including phenoxy) is 1. The summed E-state index contributed by atoms with van der Waals surface area (Å²) in [6, 6.07) is 15.6. The zero-order chi connectivity index (χ0) is 20.8. The molecule has 1 saturated heterocycles. The van der Waals surface area contributed by atoms with Crippen molar-refractivity contribution in [1.82, 2.24) is 5.32 Å². The van der Waals surface area contributed by atoms with Crippen LogP contribution in [-0.2, 0) is 4.79 Å². The highest BCUT2D eigenvalue weighted by atomic mass is 16.5. The number of carbonyl (C=O) groups is 2. The molecular formula is C23H30N3O3+. The van der Waals surface area contributed by atoms with E-state index in [1.807, 2.05) is 14.1 Å². The Morgan fingerprint density at radius 2 is 1.72 bits per heavy atom. The summed E-state index contributed by atoms with van der Waals surface area (Å²) in [4.78, 5) is 27.7. The highest BCUT2D eigenvalue weighted by Gasteiger charge is 2.28. The fourth-order valence-electron chi connectivity index (χ4n) is 3.87. The molecule has 1 aliphatic heterocycles. The standard InChI is InChI=1S/C23H29N3O3/c1-17(27)29-22-9-5-4-8-20(22)23(28)24-16-21(26-14-6-7-15-26)18-10-12-19(13-11-18)25(2)3/h4-5,8-13,21H,6-7,14-16H2,1-3H3,(H,24,28)/p+1/t21-/m0/s1. The summed E-state index contributed by atoms with van der Waals surface area (Å²) in [5.41, 5.74) is 2.75. The van der Waals surface area contributed by atoms with Crippen LogP contribution < -0.4 is 19.9 Å². The van der Waals surface area contributed by atoms with Gasteiger partial charge in [0.25, 0.3) is 5.91 Å². The third-order valence-electron chi connectivity index (χ3n) is 5.40. The van der Waals surface area contributed by atoms with Crippen molar-refractivity contribution < 1.29 is 19.2 Å². The van der Waals surface area contributed by atoms with E-state index in [0.717, 1.165) is 18.8 Å². The van der Waals surface area contributed by atoms with Crippen LogP contribution in [0.15, 0.2) is 48.5 Å². The molecule has 2 aromatic rings. The topological polar surface area (TPSA) is 63.1 Å². The predicted molar refractivity (Wildman–Crippen MR) is 114 cm³/mol. The fraction of sp³-hybridized carbons (Fsp3) is 0.391.